The third-order valence-electron chi connectivity index (χ3n) is 5.95. The lowest BCUT2D eigenvalue weighted by atomic mass is 10.0. The van der Waals surface area contributed by atoms with Crippen molar-refractivity contribution in [3.05, 3.63) is 60.1 Å². The summed E-state index contributed by atoms with van der Waals surface area (Å²) in [4.78, 5) is 19.5. The third kappa shape index (κ3) is 4.54. The highest BCUT2D eigenvalue weighted by atomic mass is 19.4. The normalized spacial score (nSPS) is 15.3. The zero-order chi connectivity index (χ0) is 25.7. The summed E-state index contributed by atoms with van der Waals surface area (Å²) in [5, 5.41) is 7.79. The number of nitrogens with zero attached hydrogens (tertiary/aromatic N) is 8. The van der Waals surface area contributed by atoms with Crippen LogP contribution in [0.1, 0.15) is 42.6 Å². The van der Waals surface area contributed by atoms with Gasteiger partial charge in [0, 0.05) is 24.3 Å². The van der Waals surface area contributed by atoms with Crippen molar-refractivity contribution in [2.75, 3.05) is 11.4 Å². The molecule has 0 spiro atoms. The van der Waals surface area contributed by atoms with Crippen molar-refractivity contribution in [1.29, 1.82) is 0 Å². The van der Waals surface area contributed by atoms with E-state index in [0.29, 0.717) is 18.3 Å². The summed E-state index contributed by atoms with van der Waals surface area (Å²) in [6, 6.07) is 0.0965. The maximum atomic E-state index is 13.8. The Hall–Kier alpha value is -3.84. The highest BCUT2D eigenvalue weighted by Crippen LogP contribution is 2.43. The molecule has 0 bridgehead atoms. The van der Waals surface area contributed by atoms with E-state index in [1.165, 1.54) is 29.6 Å². The number of fused-ring (bicyclic) bond motifs is 1. The van der Waals surface area contributed by atoms with E-state index < -0.39 is 35.0 Å². The number of benzene rings is 1. The molecule has 1 atom stereocenters. The van der Waals surface area contributed by atoms with Crippen molar-refractivity contribution in [1.82, 2.24) is 34.9 Å². The van der Waals surface area contributed by atoms with Crippen LogP contribution in [0.25, 0.3) is 16.7 Å². The number of hydrogen-bond donors (Lipinski definition) is 0. The zero-order valence-electron chi connectivity index (χ0n) is 18.7. The Kier molecular flexibility index (Phi) is 5.75. The summed E-state index contributed by atoms with van der Waals surface area (Å²) in [5.41, 5.74) is -3.14. The number of alkyl halides is 6. The number of aromatic nitrogens is 7. The van der Waals surface area contributed by atoms with E-state index in [1.54, 1.807) is 11.8 Å². The molecule has 1 aromatic carbocycles. The zero-order valence-corrected chi connectivity index (χ0v) is 18.7. The van der Waals surface area contributed by atoms with Crippen LogP contribution in [0.5, 0.6) is 0 Å². The first-order valence-electron chi connectivity index (χ1n) is 10.9. The van der Waals surface area contributed by atoms with E-state index in [4.69, 9.17) is 0 Å². The molecule has 0 radical (unpaired) electrons. The van der Waals surface area contributed by atoms with Gasteiger partial charge < -0.3 is 4.90 Å². The van der Waals surface area contributed by atoms with Gasteiger partial charge in [0.05, 0.1) is 35.1 Å². The topological polar surface area (TPSA) is 85.5 Å². The predicted molar refractivity (Wildman–Crippen MR) is 115 cm³/mol. The fourth-order valence-electron chi connectivity index (χ4n) is 4.03. The lowest BCUT2D eigenvalue weighted by Crippen LogP contribution is -2.32. The van der Waals surface area contributed by atoms with Crippen LogP contribution in [0.3, 0.4) is 0 Å². The van der Waals surface area contributed by atoms with Gasteiger partial charge in [0.1, 0.15) is 17.8 Å². The molecular weight excluding hydrogens is 490 g/mol. The second-order valence-corrected chi connectivity index (χ2v) is 8.47. The monoisotopic (exact) mass is 508 g/mol. The Morgan fingerprint density at radius 3 is 2.25 bits per heavy atom. The van der Waals surface area contributed by atoms with Crippen LogP contribution in [-0.2, 0) is 12.4 Å². The quantitative estimate of drug-likeness (QED) is 0.338. The smallest absolute Gasteiger partial charge is 0.347 e. The van der Waals surface area contributed by atoms with Gasteiger partial charge in [0.25, 0.3) is 0 Å². The molecule has 188 valence electrons. The van der Waals surface area contributed by atoms with Gasteiger partial charge in [0.2, 0.25) is 0 Å². The van der Waals surface area contributed by atoms with Gasteiger partial charge in [-0.1, -0.05) is 0 Å². The van der Waals surface area contributed by atoms with Crippen molar-refractivity contribution in [2.24, 2.45) is 5.92 Å². The van der Waals surface area contributed by atoms with Crippen LogP contribution in [0.2, 0.25) is 0 Å². The molecule has 0 N–H and O–H groups in total. The molecule has 36 heavy (non-hydrogen) atoms. The lowest BCUT2D eigenvalue weighted by molar-refractivity contribution is -0.142. The molecule has 0 aliphatic heterocycles. The van der Waals surface area contributed by atoms with E-state index in [-0.39, 0.29) is 29.0 Å². The molecule has 5 rings (SSSR count). The van der Waals surface area contributed by atoms with Crippen molar-refractivity contribution in [2.45, 2.75) is 38.2 Å². The summed E-state index contributed by atoms with van der Waals surface area (Å²) >= 11 is 0. The Morgan fingerprint density at radius 2 is 1.61 bits per heavy atom. The maximum absolute atomic E-state index is 13.8. The molecular formula is C22H18F6N8. The highest BCUT2D eigenvalue weighted by Gasteiger charge is 2.40. The number of rotatable bonds is 6. The average molecular weight is 508 g/mol. The SMILES string of the molecule is CC(c1nccnc1-n1nccn1)N(CC1CC1)c1ncnc2c(C(F)(F)F)cc(C(F)(F)F)cc12. The first-order valence-corrected chi connectivity index (χ1v) is 10.9. The van der Waals surface area contributed by atoms with E-state index >= 15 is 0 Å². The number of hydrogen-bond acceptors (Lipinski definition) is 7. The minimum Gasteiger partial charge on any atom is -0.347 e. The van der Waals surface area contributed by atoms with Crippen LogP contribution in [0.15, 0.2) is 43.2 Å². The maximum Gasteiger partial charge on any atom is 0.418 e. The van der Waals surface area contributed by atoms with Crippen molar-refractivity contribution in [3.8, 4) is 5.82 Å². The van der Waals surface area contributed by atoms with E-state index in [2.05, 4.69) is 30.1 Å². The molecule has 1 fully saturated rings. The summed E-state index contributed by atoms with van der Waals surface area (Å²) in [6.07, 6.45) is -1.61. The molecule has 14 heteroatoms. The van der Waals surface area contributed by atoms with Crippen LogP contribution in [0.4, 0.5) is 32.2 Å². The molecule has 1 saturated carbocycles. The molecule has 8 nitrogen and oxygen atoms in total. The number of halogens is 6. The molecule has 3 aromatic heterocycles. The van der Waals surface area contributed by atoms with Crippen molar-refractivity contribution in [3.63, 3.8) is 0 Å². The van der Waals surface area contributed by atoms with Crippen molar-refractivity contribution >= 4 is 16.7 Å². The number of anilines is 1. The minimum absolute atomic E-state index is 0.0546. The molecule has 1 aliphatic rings. The average Bonchev–Trinajstić information content (AvgIpc) is 3.49. The molecule has 1 unspecified atom stereocenters. The predicted octanol–water partition coefficient (Wildman–Crippen LogP) is 5.02. The summed E-state index contributed by atoms with van der Waals surface area (Å²) in [7, 11) is 0. The van der Waals surface area contributed by atoms with Gasteiger partial charge in [-0.25, -0.2) is 15.0 Å². The third-order valence-corrected chi connectivity index (χ3v) is 5.95. The van der Waals surface area contributed by atoms with Gasteiger partial charge in [-0.15, -0.1) is 4.80 Å². The van der Waals surface area contributed by atoms with E-state index in [1.807, 2.05) is 0 Å². The van der Waals surface area contributed by atoms with E-state index in [0.717, 1.165) is 19.2 Å². The summed E-state index contributed by atoms with van der Waals surface area (Å²) < 4.78 is 82.2. The molecule has 1 aliphatic carbocycles. The van der Waals surface area contributed by atoms with Gasteiger partial charge in [-0.3, -0.25) is 4.98 Å². The van der Waals surface area contributed by atoms with Gasteiger partial charge in [-0.05, 0) is 37.8 Å². The highest BCUT2D eigenvalue weighted by molar-refractivity contribution is 5.92. The Balaban J connectivity index is 1.71. The molecule has 4 aromatic rings. The Bertz CT molecular complexity index is 1380. The van der Waals surface area contributed by atoms with Gasteiger partial charge in [0.15, 0.2) is 5.82 Å². The first kappa shape index (κ1) is 23.9. The lowest BCUT2D eigenvalue weighted by Gasteiger charge is -2.31. The Labute approximate surface area is 200 Å². The van der Waals surface area contributed by atoms with Crippen molar-refractivity contribution < 1.29 is 26.3 Å². The second kappa shape index (κ2) is 8.68. The minimum atomic E-state index is -5.05. The molecule has 0 amide bonds. The van der Waals surface area contributed by atoms with Gasteiger partial charge >= 0.3 is 12.4 Å². The van der Waals surface area contributed by atoms with Crippen LogP contribution < -0.4 is 4.90 Å². The second-order valence-electron chi connectivity index (χ2n) is 8.47. The summed E-state index contributed by atoms with van der Waals surface area (Å²) in [6.45, 7) is 2.07. The fraction of sp³-hybridized carbons (Fsp3) is 0.364. The first-order chi connectivity index (χ1) is 17.0. The molecule has 3 heterocycles. The van der Waals surface area contributed by atoms with Gasteiger partial charge in [-0.2, -0.15) is 36.5 Å². The fourth-order valence-corrected chi connectivity index (χ4v) is 4.03. The Morgan fingerprint density at radius 1 is 0.917 bits per heavy atom. The standard InChI is InChI=1S/C22H18F6N8/c1-12(17-20(30-5-4-29-17)36-33-6-7-34-36)35(10-13-2-3-13)19-15-8-14(21(23,24)25)9-16(22(26,27)28)18(15)31-11-32-19/h4-9,11-13H,2-3,10H2,1H3. The van der Waals surface area contributed by atoms with E-state index in [9.17, 15) is 26.3 Å². The molecule has 0 saturated heterocycles. The summed E-state index contributed by atoms with van der Waals surface area (Å²) in [5.74, 6) is 0.426. The van der Waals surface area contributed by atoms with Crippen LogP contribution in [-0.4, -0.2) is 41.5 Å². The largest absolute Gasteiger partial charge is 0.418 e. The van der Waals surface area contributed by atoms with Crippen LogP contribution in [0, 0.1) is 5.92 Å². The van der Waals surface area contributed by atoms with Crippen LogP contribution >= 0.6 is 0 Å².